The van der Waals surface area contributed by atoms with Crippen molar-refractivity contribution in [3.63, 3.8) is 0 Å². The Balaban J connectivity index is 1.57. The Morgan fingerprint density at radius 3 is 2.50 bits per heavy atom. The van der Waals surface area contributed by atoms with Crippen molar-refractivity contribution in [1.82, 2.24) is 4.90 Å². The van der Waals surface area contributed by atoms with Gasteiger partial charge in [-0.05, 0) is 12.5 Å². The zero-order valence-electron chi connectivity index (χ0n) is 15.4. The van der Waals surface area contributed by atoms with Gasteiger partial charge in [-0.1, -0.05) is 24.3 Å². The number of rotatable bonds is 7. The molecule has 1 aromatic rings. The van der Waals surface area contributed by atoms with Gasteiger partial charge in [-0.3, -0.25) is 14.5 Å². The van der Waals surface area contributed by atoms with E-state index in [-0.39, 0.29) is 30.4 Å². The molecule has 6 heteroatoms. The summed E-state index contributed by atoms with van der Waals surface area (Å²) < 4.78 is 16.4. The molecule has 0 radical (unpaired) electrons. The van der Waals surface area contributed by atoms with Crippen LogP contribution in [0.1, 0.15) is 48.5 Å². The second-order valence-corrected chi connectivity index (χ2v) is 6.77. The van der Waals surface area contributed by atoms with Crippen molar-refractivity contribution in [2.24, 2.45) is 0 Å². The molecule has 0 amide bonds. The number of hydrogen-bond donors (Lipinski definition) is 0. The van der Waals surface area contributed by atoms with Gasteiger partial charge in [-0.15, -0.1) is 0 Å². The topological polar surface area (TPSA) is 65.1 Å². The third-order valence-electron chi connectivity index (χ3n) is 5.00. The van der Waals surface area contributed by atoms with E-state index in [4.69, 9.17) is 14.2 Å². The number of nitrogens with zero attached hydrogens (tertiary/aromatic N) is 1. The van der Waals surface area contributed by atoms with Gasteiger partial charge in [0.2, 0.25) is 0 Å². The average molecular weight is 361 g/mol. The van der Waals surface area contributed by atoms with Gasteiger partial charge in [0, 0.05) is 44.5 Å². The van der Waals surface area contributed by atoms with Crippen LogP contribution in [0.3, 0.4) is 0 Å². The maximum absolute atomic E-state index is 12.6. The highest BCUT2D eigenvalue weighted by Crippen LogP contribution is 2.32. The summed E-state index contributed by atoms with van der Waals surface area (Å²) in [6.45, 7) is 5.94. The van der Waals surface area contributed by atoms with Crippen LogP contribution < -0.4 is 0 Å². The molecule has 2 heterocycles. The van der Waals surface area contributed by atoms with Gasteiger partial charge >= 0.3 is 5.97 Å². The van der Waals surface area contributed by atoms with E-state index in [2.05, 4.69) is 4.90 Å². The Kier molecular flexibility index (Phi) is 6.40. The van der Waals surface area contributed by atoms with E-state index < -0.39 is 0 Å². The maximum Gasteiger partial charge on any atom is 0.306 e. The molecular formula is C20H27NO5. The molecule has 1 spiro atoms. The summed E-state index contributed by atoms with van der Waals surface area (Å²) in [6, 6.07) is 7.65. The average Bonchev–Trinajstić information content (AvgIpc) is 3.11. The minimum Gasteiger partial charge on any atom is -0.466 e. The second-order valence-electron chi connectivity index (χ2n) is 6.77. The molecule has 3 rings (SSSR count). The molecular weight excluding hydrogens is 334 g/mol. The van der Waals surface area contributed by atoms with Crippen LogP contribution in [0.15, 0.2) is 24.3 Å². The van der Waals surface area contributed by atoms with Gasteiger partial charge in [0.15, 0.2) is 11.6 Å². The molecule has 2 fully saturated rings. The highest BCUT2D eigenvalue weighted by molar-refractivity contribution is 5.98. The first-order valence-corrected chi connectivity index (χ1v) is 9.39. The number of esters is 1. The van der Waals surface area contributed by atoms with E-state index in [0.29, 0.717) is 25.4 Å². The number of carbonyl (C=O) groups is 2. The number of ether oxygens (including phenoxy) is 3. The second kappa shape index (κ2) is 8.75. The van der Waals surface area contributed by atoms with Gasteiger partial charge in [0.05, 0.1) is 26.2 Å². The van der Waals surface area contributed by atoms with Crippen molar-refractivity contribution >= 4 is 11.8 Å². The molecule has 142 valence electrons. The largest absolute Gasteiger partial charge is 0.466 e. The quantitative estimate of drug-likeness (QED) is 0.549. The zero-order valence-corrected chi connectivity index (χ0v) is 15.4. The zero-order chi connectivity index (χ0) is 18.4. The molecule has 0 aliphatic carbocycles. The normalized spacial score (nSPS) is 19.6. The Morgan fingerprint density at radius 2 is 1.81 bits per heavy atom. The lowest BCUT2D eigenvalue weighted by atomic mass is 9.98. The molecule has 0 N–H and O–H groups in total. The highest BCUT2D eigenvalue weighted by atomic mass is 16.7. The molecule has 2 aliphatic rings. The van der Waals surface area contributed by atoms with Crippen molar-refractivity contribution in [2.75, 3.05) is 32.9 Å². The lowest BCUT2D eigenvalue weighted by molar-refractivity contribution is -0.185. The lowest BCUT2D eigenvalue weighted by Gasteiger charge is -2.37. The third kappa shape index (κ3) is 4.69. The van der Waals surface area contributed by atoms with Crippen LogP contribution in [0.25, 0.3) is 0 Å². The maximum atomic E-state index is 12.6. The predicted octanol–water partition coefficient (Wildman–Crippen LogP) is 2.55. The Morgan fingerprint density at radius 1 is 1.12 bits per heavy atom. The molecule has 2 aliphatic heterocycles. The van der Waals surface area contributed by atoms with Crippen molar-refractivity contribution in [3.8, 4) is 0 Å². The van der Waals surface area contributed by atoms with Gasteiger partial charge < -0.3 is 14.2 Å². The van der Waals surface area contributed by atoms with E-state index >= 15 is 0 Å². The van der Waals surface area contributed by atoms with E-state index in [1.54, 1.807) is 6.92 Å². The van der Waals surface area contributed by atoms with Crippen molar-refractivity contribution in [1.29, 1.82) is 0 Å². The van der Waals surface area contributed by atoms with E-state index in [0.717, 1.165) is 38.0 Å². The molecule has 0 saturated carbocycles. The number of benzene rings is 1. The first-order chi connectivity index (χ1) is 12.6. The Hall–Kier alpha value is -1.76. The summed E-state index contributed by atoms with van der Waals surface area (Å²) in [4.78, 5) is 26.4. The van der Waals surface area contributed by atoms with E-state index in [1.165, 1.54) is 0 Å². The smallest absolute Gasteiger partial charge is 0.306 e. The Bertz CT molecular complexity index is 629. The van der Waals surface area contributed by atoms with Crippen molar-refractivity contribution < 1.29 is 23.8 Å². The fraction of sp³-hybridized carbons (Fsp3) is 0.600. The molecule has 2 saturated heterocycles. The molecule has 1 aromatic carbocycles. The minimum atomic E-state index is -0.383. The first-order valence-electron chi connectivity index (χ1n) is 9.39. The SMILES string of the molecule is CCOC(=O)CCC(=O)c1ccccc1CN1CCC2(CC1)OCCO2. The number of carbonyl (C=O) groups excluding carboxylic acids is 2. The molecule has 0 aromatic heterocycles. The van der Waals surface area contributed by atoms with Crippen molar-refractivity contribution in [3.05, 3.63) is 35.4 Å². The van der Waals surface area contributed by atoms with Crippen LogP contribution >= 0.6 is 0 Å². The molecule has 6 nitrogen and oxygen atoms in total. The van der Waals surface area contributed by atoms with Gasteiger partial charge in [-0.2, -0.15) is 0 Å². The lowest BCUT2D eigenvalue weighted by Crippen LogP contribution is -2.44. The standard InChI is InChI=1S/C20H27NO5/c1-2-24-19(23)8-7-18(22)17-6-4-3-5-16(17)15-21-11-9-20(10-12-21)25-13-14-26-20/h3-6H,2,7-15H2,1H3. The van der Waals surface area contributed by atoms with Crippen LogP contribution in [0.5, 0.6) is 0 Å². The number of hydrogen-bond acceptors (Lipinski definition) is 6. The van der Waals surface area contributed by atoms with E-state index in [9.17, 15) is 9.59 Å². The van der Waals surface area contributed by atoms with E-state index in [1.807, 2.05) is 24.3 Å². The van der Waals surface area contributed by atoms with Crippen LogP contribution in [0.4, 0.5) is 0 Å². The van der Waals surface area contributed by atoms with Gasteiger partial charge in [0.1, 0.15) is 0 Å². The monoisotopic (exact) mass is 361 g/mol. The van der Waals surface area contributed by atoms with Gasteiger partial charge in [0.25, 0.3) is 0 Å². The molecule has 0 unspecified atom stereocenters. The van der Waals surface area contributed by atoms with Crippen molar-refractivity contribution in [2.45, 2.75) is 44.9 Å². The summed E-state index contributed by atoms with van der Waals surface area (Å²) in [5, 5.41) is 0. The summed E-state index contributed by atoms with van der Waals surface area (Å²) in [7, 11) is 0. The Labute approximate surface area is 154 Å². The summed E-state index contributed by atoms with van der Waals surface area (Å²) >= 11 is 0. The fourth-order valence-electron chi connectivity index (χ4n) is 3.59. The van der Waals surface area contributed by atoms with Crippen LogP contribution in [-0.4, -0.2) is 55.3 Å². The molecule has 26 heavy (non-hydrogen) atoms. The molecule has 0 bridgehead atoms. The number of likely N-dealkylation sites (tertiary alicyclic amines) is 1. The summed E-state index contributed by atoms with van der Waals surface area (Å²) in [6.07, 6.45) is 2.01. The number of piperidine rings is 1. The first kappa shape index (κ1) is 19.0. The highest BCUT2D eigenvalue weighted by Gasteiger charge is 2.39. The number of ketones is 1. The summed E-state index contributed by atoms with van der Waals surface area (Å²) in [5.41, 5.74) is 1.70. The third-order valence-corrected chi connectivity index (χ3v) is 5.00. The van der Waals surface area contributed by atoms with Gasteiger partial charge in [-0.25, -0.2) is 0 Å². The number of Topliss-reactive ketones (excluding diaryl/α,β-unsaturated/α-hetero) is 1. The fourth-order valence-corrected chi connectivity index (χ4v) is 3.59. The van der Waals surface area contributed by atoms with Crippen LogP contribution in [0, 0.1) is 0 Å². The van der Waals surface area contributed by atoms with Crippen LogP contribution in [0.2, 0.25) is 0 Å². The predicted molar refractivity (Wildman–Crippen MR) is 95.8 cm³/mol. The minimum absolute atomic E-state index is 0.00964. The van der Waals surface area contributed by atoms with Crippen LogP contribution in [-0.2, 0) is 25.5 Å². The molecule has 0 atom stereocenters. The summed E-state index contributed by atoms with van der Waals surface area (Å²) in [5.74, 6) is -0.716.